The molecule has 0 unspecified atom stereocenters. The summed E-state index contributed by atoms with van der Waals surface area (Å²) >= 11 is 0. The molecule has 0 radical (unpaired) electrons. The highest BCUT2D eigenvalue weighted by atomic mass is 16.5. The Morgan fingerprint density at radius 3 is 2.93 bits per heavy atom. The van der Waals surface area contributed by atoms with Crippen molar-refractivity contribution in [1.29, 1.82) is 0 Å². The third-order valence-electron chi connectivity index (χ3n) is 2.14. The van der Waals surface area contributed by atoms with Gasteiger partial charge in [0.25, 0.3) is 0 Å². The number of amides is 1. The topological polar surface area (TPSA) is 67.4 Å². The number of ether oxygens (including phenoxy) is 1. The van der Waals surface area contributed by atoms with Crippen molar-refractivity contribution in [3.05, 3.63) is 0 Å². The van der Waals surface area contributed by atoms with Gasteiger partial charge in [-0.15, -0.1) is 0 Å². The van der Waals surface area contributed by atoms with Crippen LogP contribution in [0.5, 0.6) is 0 Å². The van der Waals surface area contributed by atoms with E-state index < -0.39 is 0 Å². The molecule has 5 heteroatoms. The van der Waals surface area contributed by atoms with Crippen molar-refractivity contribution in [3.63, 3.8) is 0 Å². The molecule has 80 valence electrons. The second kappa shape index (κ2) is 5.59. The number of hydrogen-bond acceptors (Lipinski definition) is 4. The quantitative estimate of drug-likeness (QED) is 0.587. The van der Waals surface area contributed by atoms with Gasteiger partial charge in [0.2, 0.25) is 5.91 Å². The monoisotopic (exact) mass is 200 g/mol. The Morgan fingerprint density at radius 1 is 1.57 bits per heavy atom. The van der Waals surface area contributed by atoms with Crippen LogP contribution < -0.4 is 10.6 Å². The van der Waals surface area contributed by atoms with E-state index in [1.807, 2.05) is 0 Å². The molecule has 1 heterocycles. The third-order valence-corrected chi connectivity index (χ3v) is 2.14. The molecular formula is C9H16N2O3. The molecule has 1 rings (SSSR count). The highest BCUT2D eigenvalue weighted by Crippen LogP contribution is 2.06. The standard InChI is InChI=1S/C9H16N2O3/c1-2-14-8(12)6-11-9(13)7-3-4-10-5-7/h7,10H,2-6H2,1H3,(H,11,13)/t7-/m0/s1. The molecule has 0 aromatic carbocycles. The van der Waals surface area contributed by atoms with Gasteiger partial charge in [0.05, 0.1) is 12.5 Å². The summed E-state index contributed by atoms with van der Waals surface area (Å²) in [7, 11) is 0. The molecule has 0 spiro atoms. The maximum Gasteiger partial charge on any atom is 0.325 e. The first-order valence-electron chi connectivity index (χ1n) is 4.88. The molecule has 1 aliphatic rings. The largest absolute Gasteiger partial charge is 0.465 e. The van der Waals surface area contributed by atoms with Crippen molar-refractivity contribution < 1.29 is 14.3 Å². The van der Waals surface area contributed by atoms with E-state index in [4.69, 9.17) is 0 Å². The molecule has 1 aliphatic heterocycles. The van der Waals surface area contributed by atoms with Gasteiger partial charge in [0.1, 0.15) is 6.54 Å². The van der Waals surface area contributed by atoms with E-state index in [1.54, 1.807) is 6.92 Å². The maximum atomic E-state index is 11.4. The Hall–Kier alpha value is -1.10. The number of carbonyl (C=O) groups is 2. The highest BCUT2D eigenvalue weighted by molar-refractivity contribution is 5.83. The van der Waals surface area contributed by atoms with E-state index in [0.717, 1.165) is 13.0 Å². The van der Waals surface area contributed by atoms with E-state index in [2.05, 4.69) is 15.4 Å². The molecule has 0 bridgehead atoms. The first kappa shape index (κ1) is 11.0. The number of hydrogen-bond donors (Lipinski definition) is 2. The SMILES string of the molecule is CCOC(=O)CNC(=O)[C@H]1CCNC1. The van der Waals surface area contributed by atoms with E-state index in [9.17, 15) is 9.59 Å². The molecule has 1 atom stereocenters. The summed E-state index contributed by atoms with van der Waals surface area (Å²) < 4.78 is 4.69. The lowest BCUT2D eigenvalue weighted by Gasteiger charge is -2.08. The van der Waals surface area contributed by atoms with Gasteiger partial charge in [-0.1, -0.05) is 0 Å². The lowest BCUT2D eigenvalue weighted by atomic mass is 10.1. The molecule has 1 amide bonds. The van der Waals surface area contributed by atoms with Crippen LogP contribution in [0.3, 0.4) is 0 Å². The second-order valence-corrected chi connectivity index (χ2v) is 3.21. The Kier molecular flexibility index (Phi) is 4.39. The minimum Gasteiger partial charge on any atom is -0.465 e. The Bertz CT molecular complexity index is 212. The first-order valence-corrected chi connectivity index (χ1v) is 4.88. The number of rotatable bonds is 4. The maximum absolute atomic E-state index is 11.4. The second-order valence-electron chi connectivity index (χ2n) is 3.21. The molecule has 2 N–H and O–H groups in total. The molecule has 5 nitrogen and oxygen atoms in total. The highest BCUT2D eigenvalue weighted by Gasteiger charge is 2.22. The van der Waals surface area contributed by atoms with Crippen molar-refractivity contribution in [2.45, 2.75) is 13.3 Å². The lowest BCUT2D eigenvalue weighted by Crippen LogP contribution is -2.36. The van der Waals surface area contributed by atoms with Crippen LogP contribution in [-0.2, 0) is 14.3 Å². The van der Waals surface area contributed by atoms with E-state index >= 15 is 0 Å². The average molecular weight is 200 g/mol. The molecule has 0 aromatic rings. The summed E-state index contributed by atoms with van der Waals surface area (Å²) in [4.78, 5) is 22.3. The Labute approximate surface area is 83.2 Å². The summed E-state index contributed by atoms with van der Waals surface area (Å²) in [6.07, 6.45) is 0.842. The van der Waals surface area contributed by atoms with E-state index in [-0.39, 0.29) is 24.3 Å². The van der Waals surface area contributed by atoms with Crippen LogP contribution in [0.2, 0.25) is 0 Å². The van der Waals surface area contributed by atoms with Gasteiger partial charge >= 0.3 is 5.97 Å². The average Bonchev–Trinajstić information content (AvgIpc) is 2.67. The minimum absolute atomic E-state index is 0.00410. The third kappa shape index (κ3) is 3.33. The fraction of sp³-hybridized carbons (Fsp3) is 0.778. The van der Waals surface area contributed by atoms with Gasteiger partial charge in [-0.25, -0.2) is 0 Å². The number of esters is 1. The number of nitrogens with one attached hydrogen (secondary N) is 2. The summed E-state index contributed by atoms with van der Waals surface area (Å²) in [5.74, 6) is -0.445. The zero-order chi connectivity index (χ0) is 10.4. The minimum atomic E-state index is -0.383. The summed E-state index contributed by atoms with van der Waals surface area (Å²) in [6, 6.07) is 0. The molecule has 0 saturated carbocycles. The molecule has 0 aromatic heterocycles. The first-order chi connectivity index (χ1) is 6.74. The zero-order valence-corrected chi connectivity index (χ0v) is 8.34. The predicted octanol–water partition coefficient (Wildman–Crippen LogP) is -0.725. The van der Waals surface area contributed by atoms with E-state index in [0.29, 0.717) is 13.2 Å². The van der Waals surface area contributed by atoms with Gasteiger partial charge in [-0.05, 0) is 19.9 Å². The van der Waals surface area contributed by atoms with Crippen LogP contribution in [-0.4, -0.2) is 38.1 Å². The van der Waals surface area contributed by atoms with Crippen LogP contribution in [0.15, 0.2) is 0 Å². The van der Waals surface area contributed by atoms with Gasteiger partial charge < -0.3 is 15.4 Å². The molecule has 0 aliphatic carbocycles. The molecule has 1 fully saturated rings. The Balaban J connectivity index is 2.17. The van der Waals surface area contributed by atoms with Gasteiger partial charge in [-0.3, -0.25) is 9.59 Å². The fourth-order valence-corrected chi connectivity index (χ4v) is 1.39. The van der Waals surface area contributed by atoms with Crippen molar-refractivity contribution in [1.82, 2.24) is 10.6 Å². The molecule has 14 heavy (non-hydrogen) atoms. The van der Waals surface area contributed by atoms with Crippen LogP contribution >= 0.6 is 0 Å². The molecular weight excluding hydrogens is 184 g/mol. The Morgan fingerprint density at radius 2 is 2.36 bits per heavy atom. The van der Waals surface area contributed by atoms with Crippen LogP contribution in [0.4, 0.5) is 0 Å². The summed E-state index contributed by atoms with van der Waals surface area (Å²) in [5, 5.41) is 5.64. The van der Waals surface area contributed by atoms with Crippen LogP contribution in [0.1, 0.15) is 13.3 Å². The van der Waals surface area contributed by atoms with Crippen molar-refractivity contribution in [3.8, 4) is 0 Å². The van der Waals surface area contributed by atoms with Gasteiger partial charge in [0.15, 0.2) is 0 Å². The van der Waals surface area contributed by atoms with Crippen LogP contribution in [0.25, 0.3) is 0 Å². The zero-order valence-electron chi connectivity index (χ0n) is 8.34. The van der Waals surface area contributed by atoms with Crippen molar-refractivity contribution >= 4 is 11.9 Å². The summed E-state index contributed by atoms with van der Waals surface area (Å²) in [5.41, 5.74) is 0. The van der Waals surface area contributed by atoms with E-state index in [1.165, 1.54) is 0 Å². The van der Waals surface area contributed by atoms with Crippen molar-refractivity contribution in [2.24, 2.45) is 5.92 Å². The summed E-state index contributed by atoms with van der Waals surface area (Å²) in [6.45, 7) is 3.63. The fourth-order valence-electron chi connectivity index (χ4n) is 1.39. The normalized spacial score (nSPS) is 20.5. The molecule has 1 saturated heterocycles. The van der Waals surface area contributed by atoms with Gasteiger partial charge in [-0.2, -0.15) is 0 Å². The van der Waals surface area contributed by atoms with Gasteiger partial charge in [0, 0.05) is 6.54 Å². The number of carbonyl (C=O) groups excluding carboxylic acids is 2. The predicted molar refractivity (Wildman–Crippen MR) is 50.6 cm³/mol. The smallest absolute Gasteiger partial charge is 0.325 e. The van der Waals surface area contributed by atoms with Crippen LogP contribution in [0, 0.1) is 5.92 Å². The lowest BCUT2D eigenvalue weighted by molar-refractivity contribution is -0.143. The van der Waals surface area contributed by atoms with Crippen molar-refractivity contribution in [2.75, 3.05) is 26.2 Å².